The summed E-state index contributed by atoms with van der Waals surface area (Å²) in [4.78, 5) is 10.3. The largest absolute Gasteiger partial charge is 0.459 e. The molecule has 0 N–H and O–H groups in total. The van der Waals surface area contributed by atoms with Crippen LogP contribution in [0.15, 0.2) is 83.9 Å². The van der Waals surface area contributed by atoms with Crippen molar-refractivity contribution in [2.45, 2.75) is 63.5 Å². The summed E-state index contributed by atoms with van der Waals surface area (Å²) in [5.41, 5.74) is 6.55. The summed E-state index contributed by atoms with van der Waals surface area (Å²) >= 11 is 0. The number of nitrogens with zero attached hydrogens (tertiary/aromatic N) is 3. The summed E-state index contributed by atoms with van der Waals surface area (Å²) < 4.78 is 7.38. The molecule has 0 aromatic heterocycles. The third kappa shape index (κ3) is 3.34. The Hall–Kier alpha value is -3.79. The van der Waals surface area contributed by atoms with Crippen molar-refractivity contribution in [3.05, 3.63) is 90.0 Å². The van der Waals surface area contributed by atoms with E-state index in [0.29, 0.717) is 5.92 Å². The lowest BCUT2D eigenvalue weighted by Crippen LogP contribution is -2.63. The molecule has 3 aliphatic heterocycles. The topological polar surface area (TPSA) is 28.1 Å². The molecule has 0 saturated heterocycles. The Bertz CT molecular complexity index is 1650. The maximum atomic E-state index is 7.38. The quantitative estimate of drug-likeness (QED) is 0.267. The van der Waals surface area contributed by atoms with E-state index in [-0.39, 0.29) is 5.41 Å². The van der Waals surface area contributed by atoms with Gasteiger partial charge in [-0.05, 0) is 62.3 Å². The zero-order valence-corrected chi connectivity index (χ0v) is 23.6. The van der Waals surface area contributed by atoms with Crippen molar-refractivity contribution in [3.8, 4) is 5.75 Å². The summed E-state index contributed by atoms with van der Waals surface area (Å²) in [6.07, 6.45) is 9.82. The van der Waals surface area contributed by atoms with Gasteiger partial charge in [0.15, 0.2) is 5.75 Å². The van der Waals surface area contributed by atoms with Crippen LogP contribution in [0, 0.1) is 5.92 Å². The molecule has 1 aliphatic carbocycles. The molecule has 202 valence electrons. The Balaban J connectivity index is 1.29. The molecule has 4 heteroatoms. The number of aliphatic imine (C=N–C) groups is 1. The molecule has 4 aromatic carbocycles. The van der Waals surface area contributed by atoms with Crippen molar-refractivity contribution in [2.75, 3.05) is 22.9 Å². The van der Waals surface area contributed by atoms with Gasteiger partial charge in [0, 0.05) is 41.3 Å². The van der Waals surface area contributed by atoms with Crippen LogP contribution in [0.5, 0.6) is 5.75 Å². The van der Waals surface area contributed by atoms with Crippen molar-refractivity contribution < 1.29 is 4.74 Å². The van der Waals surface area contributed by atoms with Crippen molar-refractivity contribution in [2.24, 2.45) is 10.9 Å². The average Bonchev–Trinajstić information content (AvgIpc) is 3.50. The minimum atomic E-state index is -0.677. The van der Waals surface area contributed by atoms with E-state index in [1.807, 2.05) is 0 Å². The monoisotopic (exact) mass is 527 g/mol. The molecule has 1 atom stereocenters. The van der Waals surface area contributed by atoms with Crippen LogP contribution in [0.1, 0.15) is 57.1 Å². The standard InChI is InChI=1S/C36H37N3O/c1-35(2)29-17-9-11-19-31(29)39(23-25-12-4-3-5-13-25)36(35)24-37-34-28-16-8-7-15-27(28)32(22-33(34)40-36)38-21-20-26-14-6-10-18-30(26)38/h6-11,14-19,22,24-25H,3-5,12-13,20-21,23H2,1-2H3. The van der Waals surface area contributed by atoms with Gasteiger partial charge in [-0.2, -0.15) is 0 Å². The van der Waals surface area contributed by atoms with E-state index in [4.69, 9.17) is 9.73 Å². The van der Waals surface area contributed by atoms with E-state index in [1.165, 1.54) is 65.7 Å². The van der Waals surface area contributed by atoms with Crippen molar-refractivity contribution in [3.63, 3.8) is 0 Å². The van der Waals surface area contributed by atoms with Crippen LogP contribution in [-0.2, 0) is 11.8 Å². The molecule has 1 unspecified atom stereocenters. The van der Waals surface area contributed by atoms with Crippen LogP contribution in [-0.4, -0.2) is 25.0 Å². The predicted molar refractivity (Wildman–Crippen MR) is 166 cm³/mol. The van der Waals surface area contributed by atoms with Crippen LogP contribution in [0.2, 0.25) is 0 Å². The number of benzene rings is 4. The van der Waals surface area contributed by atoms with Gasteiger partial charge in [0.25, 0.3) is 0 Å². The van der Waals surface area contributed by atoms with E-state index in [0.717, 1.165) is 36.3 Å². The molecule has 4 aliphatic rings. The number of anilines is 3. The van der Waals surface area contributed by atoms with Gasteiger partial charge in [-0.15, -0.1) is 0 Å². The van der Waals surface area contributed by atoms with Crippen LogP contribution in [0.25, 0.3) is 10.8 Å². The molecule has 4 nitrogen and oxygen atoms in total. The second-order valence-corrected chi connectivity index (χ2v) is 12.6. The Kier molecular flexibility index (Phi) is 5.32. The van der Waals surface area contributed by atoms with Gasteiger partial charge >= 0.3 is 0 Å². The van der Waals surface area contributed by atoms with Gasteiger partial charge < -0.3 is 14.5 Å². The molecule has 0 amide bonds. The van der Waals surface area contributed by atoms with E-state index in [2.05, 4.69) is 109 Å². The highest BCUT2D eigenvalue weighted by Gasteiger charge is 2.60. The summed E-state index contributed by atoms with van der Waals surface area (Å²) in [6, 6.07) is 28.7. The molecule has 3 heterocycles. The lowest BCUT2D eigenvalue weighted by Gasteiger charge is -2.47. The maximum Gasteiger partial charge on any atom is 0.228 e. The predicted octanol–water partition coefficient (Wildman–Crippen LogP) is 8.70. The number of rotatable bonds is 3. The zero-order valence-electron chi connectivity index (χ0n) is 23.6. The van der Waals surface area contributed by atoms with Gasteiger partial charge in [0.2, 0.25) is 5.72 Å². The molecule has 8 rings (SSSR count). The number of ether oxygens (including phenoxy) is 1. The molecule has 1 saturated carbocycles. The lowest BCUT2D eigenvalue weighted by molar-refractivity contribution is 0.0734. The van der Waals surface area contributed by atoms with Gasteiger partial charge in [0.05, 0.1) is 17.3 Å². The molecule has 0 bridgehead atoms. The summed E-state index contributed by atoms with van der Waals surface area (Å²) in [7, 11) is 0. The van der Waals surface area contributed by atoms with Crippen molar-refractivity contribution in [1.29, 1.82) is 0 Å². The smallest absolute Gasteiger partial charge is 0.228 e. The molecule has 1 spiro atoms. The highest BCUT2D eigenvalue weighted by molar-refractivity contribution is 6.07. The van der Waals surface area contributed by atoms with Gasteiger partial charge in [-0.25, -0.2) is 0 Å². The second kappa shape index (κ2) is 8.86. The fourth-order valence-electron chi connectivity index (χ4n) is 7.91. The zero-order chi connectivity index (χ0) is 26.9. The van der Waals surface area contributed by atoms with Crippen molar-refractivity contribution >= 4 is 39.7 Å². The van der Waals surface area contributed by atoms with E-state index >= 15 is 0 Å². The van der Waals surface area contributed by atoms with Gasteiger partial charge in [-0.3, -0.25) is 4.99 Å². The summed E-state index contributed by atoms with van der Waals surface area (Å²) in [6.45, 7) is 6.65. The summed E-state index contributed by atoms with van der Waals surface area (Å²) in [5, 5.41) is 2.38. The van der Waals surface area contributed by atoms with Crippen LogP contribution < -0.4 is 14.5 Å². The molecule has 4 aromatic rings. The Morgan fingerprint density at radius 1 is 0.825 bits per heavy atom. The first-order chi connectivity index (χ1) is 19.6. The fourth-order valence-corrected chi connectivity index (χ4v) is 7.91. The third-order valence-electron chi connectivity index (χ3n) is 10.1. The van der Waals surface area contributed by atoms with E-state index in [9.17, 15) is 0 Å². The fraction of sp³-hybridized carbons (Fsp3) is 0.361. The summed E-state index contributed by atoms with van der Waals surface area (Å²) in [5.74, 6) is 1.56. The third-order valence-corrected chi connectivity index (χ3v) is 10.1. The van der Waals surface area contributed by atoms with Crippen LogP contribution in [0.3, 0.4) is 0 Å². The minimum Gasteiger partial charge on any atom is -0.459 e. The molecular formula is C36H37N3O. The maximum absolute atomic E-state index is 7.38. The van der Waals surface area contributed by atoms with Crippen LogP contribution in [0.4, 0.5) is 22.7 Å². The number of para-hydroxylation sites is 2. The van der Waals surface area contributed by atoms with E-state index in [1.54, 1.807) is 0 Å². The first-order valence-corrected chi connectivity index (χ1v) is 15.1. The number of fused-ring (bicyclic) bond motifs is 5. The second-order valence-electron chi connectivity index (χ2n) is 12.6. The first kappa shape index (κ1) is 24.0. The van der Waals surface area contributed by atoms with Gasteiger partial charge in [0.1, 0.15) is 5.69 Å². The highest BCUT2D eigenvalue weighted by atomic mass is 16.5. The molecule has 1 fully saturated rings. The molecule has 0 radical (unpaired) electrons. The molecular weight excluding hydrogens is 490 g/mol. The number of hydrogen-bond acceptors (Lipinski definition) is 4. The van der Waals surface area contributed by atoms with Crippen molar-refractivity contribution in [1.82, 2.24) is 0 Å². The SMILES string of the molecule is CC1(C)c2ccccc2N(CC2CCCCC2)C12C=Nc1c(cc(N3CCc4ccccc43)c3ccccc13)O2. The first-order valence-electron chi connectivity index (χ1n) is 15.1. The normalized spacial score (nSPS) is 22.9. The van der Waals surface area contributed by atoms with Gasteiger partial charge in [-0.1, -0.05) is 79.9 Å². The lowest BCUT2D eigenvalue weighted by atomic mass is 9.77. The molecule has 40 heavy (non-hydrogen) atoms. The average molecular weight is 528 g/mol. The Labute approximate surface area is 237 Å². The van der Waals surface area contributed by atoms with E-state index < -0.39 is 5.72 Å². The highest BCUT2D eigenvalue weighted by Crippen LogP contribution is 2.56. The minimum absolute atomic E-state index is 0.272. The Morgan fingerprint density at radius 2 is 1.55 bits per heavy atom. The Morgan fingerprint density at radius 3 is 2.40 bits per heavy atom. The van der Waals surface area contributed by atoms with Crippen LogP contribution >= 0.6 is 0 Å². The number of hydrogen-bond donors (Lipinski definition) is 0.